The number of benzene rings is 2. The summed E-state index contributed by atoms with van der Waals surface area (Å²) in [6.45, 7) is 2.74. The van der Waals surface area contributed by atoms with Crippen LogP contribution in [0.2, 0.25) is 0 Å². The van der Waals surface area contributed by atoms with Gasteiger partial charge in [-0.2, -0.15) is 5.10 Å². The van der Waals surface area contributed by atoms with E-state index in [0.29, 0.717) is 29.6 Å². The number of para-hydroxylation sites is 1. The van der Waals surface area contributed by atoms with Crippen LogP contribution in [0.1, 0.15) is 29.4 Å². The molecule has 1 amide bonds. The van der Waals surface area contributed by atoms with Gasteiger partial charge in [-0.05, 0) is 18.6 Å². The third-order valence-electron chi connectivity index (χ3n) is 4.15. The Kier molecular flexibility index (Phi) is 5.31. The number of aryl methyl sites for hydroxylation is 1. The number of hydrogen-bond acceptors (Lipinski definition) is 4. The third kappa shape index (κ3) is 3.44. The lowest BCUT2D eigenvalue weighted by Crippen LogP contribution is -2.30. The minimum Gasteiger partial charge on any atom is -0.496 e. The fourth-order valence-corrected chi connectivity index (χ4v) is 2.87. The summed E-state index contributed by atoms with van der Waals surface area (Å²) in [7, 11) is 1.59. The number of nitrogens with zero attached hydrogens (tertiary/aromatic N) is 2. The van der Waals surface area contributed by atoms with Gasteiger partial charge in [0.25, 0.3) is 11.5 Å². The van der Waals surface area contributed by atoms with E-state index in [4.69, 9.17) is 4.74 Å². The van der Waals surface area contributed by atoms with Gasteiger partial charge in [-0.25, -0.2) is 4.68 Å². The van der Waals surface area contributed by atoms with Crippen molar-refractivity contribution in [3.8, 4) is 5.75 Å². The van der Waals surface area contributed by atoms with Gasteiger partial charge in [0.1, 0.15) is 5.75 Å². The minimum absolute atomic E-state index is 0.177. The Bertz CT molecular complexity index is 995. The summed E-state index contributed by atoms with van der Waals surface area (Å²) in [5.41, 5.74) is 0.946. The maximum atomic E-state index is 12.8. The molecule has 0 saturated carbocycles. The number of amides is 1. The Balaban J connectivity index is 1.95. The van der Waals surface area contributed by atoms with Crippen molar-refractivity contribution in [1.29, 1.82) is 0 Å². The summed E-state index contributed by atoms with van der Waals surface area (Å²) in [5.74, 6) is 0.388. The number of nitrogens with one attached hydrogen (secondary N) is 1. The molecule has 0 spiro atoms. The van der Waals surface area contributed by atoms with E-state index in [2.05, 4.69) is 10.4 Å². The van der Waals surface area contributed by atoms with Crippen LogP contribution in [0.5, 0.6) is 5.75 Å². The molecule has 0 saturated heterocycles. The van der Waals surface area contributed by atoms with Gasteiger partial charge in [0.05, 0.1) is 12.5 Å². The highest BCUT2D eigenvalue weighted by molar-refractivity contribution is 6.04. The topological polar surface area (TPSA) is 73.2 Å². The van der Waals surface area contributed by atoms with Crippen LogP contribution in [0.25, 0.3) is 10.8 Å². The van der Waals surface area contributed by atoms with Crippen LogP contribution < -0.4 is 15.6 Å². The first-order valence-electron chi connectivity index (χ1n) is 8.55. The largest absolute Gasteiger partial charge is 0.496 e. The smallest absolute Gasteiger partial charge is 0.274 e. The summed E-state index contributed by atoms with van der Waals surface area (Å²) in [4.78, 5) is 25.3. The van der Waals surface area contributed by atoms with Crippen molar-refractivity contribution in [2.45, 2.75) is 26.4 Å². The Labute approximate surface area is 151 Å². The maximum Gasteiger partial charge on any atom is 0.274 e. The monoisotopic (exact) mass is 351 g/mol. The van der Waals surface area contributed by atoms with Crippen molar-refractivity contribution < 1.29 is 9.53 Å². The van der Waals surface area contributed by atoms with Gasteiger partial charge < -0.3 is 10.1 Å². The van der Waals surface area contributed by atoms with Crippen LogP contribution in [-0.4, -0.2) is 22.8 Å². The van der Waals surface area contributed by atoms with Crippen LogP contribution in [0.4, 0.5) is 0 Å². The van der Waals surface area contributed by atoms with E-state index in [1.807, 2.05) is 31.2 Å². The summed E-state index contributed by atoms with van der Waals surface area (Å²) in [5, 5.41) is 8.24. The van der Waals surface area contributed by atoms with Crippen LogP contribution in [-0.2, 0) is 13.1 Å². The summed E-state index contributed by atoms with van der Waals surface area (Å²) < 4.78 is 6.67. The van der Waals surface area contributed by atoms with Gasteiger partial charge in [-0.1, -0.05) is 43.3 Å². The van der Waals surface area contributed by atoms with Gasteiger partial charge in [0.2, 0.25) is 0 Å². The van der Waals surface area contributed by atoms with Crippen LogP contribution in [0.3, 0.4) is 0 Å². The van der Waals surface area contributed by atoms with E-state index in [1.165, 1.54) is 4.68 Å². The number of aromatic nitrogens is 2. The molecule has 1 heterocycles. The number of fused-ring (bicyclic) bond motifs is 1. The molecule has 6 nitrogen and oxygen atoms in total. The predicted molar refractivity (Wildman–Crippen MR) is 100 cm³/mol. The quantitative estimate of drug-likeness (QED) is 0.741. The predicted octanol–water partition coefficient (Wildman–Crippen LogP) is 2.75. The molecule has 0 fully saturated rings. The Morgan fingerprint density at radius 2 is 1.81 bits per heavy atom. The van der Waals surface area contributed by atoms with Crippen LogP contribution in [0, 0.1) is 0 Å². The first-order chi connectivity index (χ1) is 12.7. The average molecular weight is 351 g/mol. The highest BCUT2D eigenvalue weighted by Crippen LogP contribution is 2.18. The maximum absolute atomic E-state index is 12.8. The lowest BCUT2D eigenvalue weighted by molar-refractivity contribution is 0.0945. The lowest BCUT2D eigenvalue weighted by atomic mass is 10.1. The van der Waals surface area contributed by atoms with Crippen molar-refractivity contribution in [3.63, 3.8) is 0 Å². The molecule has 0 bridgehead atoms. The Hall–Kier alpha value is -3.15. The van der Waals surface area contributed by atoms with Crippen molar-refractivity contribution >= 4 is 16.7 Å². The fraction of sp³-hybridized carbons (Fsp3) is 0.250. The first kappa shape index (κ1) is 17.7. The molecule has 0 atom stereocenters. The number of carbonyl (C=O) groups excluding carboxylic acids is 1. The standard InChI is InChI=1S/C20H21N3O3/c1-3-12-23-20(25)16-10-6-5-9-15(16)18(22-23)19(24)21-13-14-8-4-7-11-17(14)26-2/h4-11H,3,12-13H2,1-2H3,(H,21,24). The second-order valence-corrected chi connectivity index (χ2v) is 5.92. The van der Waals surface area contributed by atoms with E-state index in [9.17, 15) is 9.59 Å². The fourth-order valence-electron chi connectivity index (χ4n) is 2.87. The van der Waals surface area contributed by atoms with Crippen molar-refractivity contribution in [1.82, 2.24) is 15.1 Å². The molecule has 0 aliphatic heterocycles. The van der Waals surface area contributed by atoms with Crippen LogP contribution >= 0.6 is 0 Å². The summed E-state index contributed by atoms with van der Waals surface area (Å²) >= 11 is 0. The normalized spacial score (nSPS) is 10.7. The molecular formula is C20H21N3O3. The van der Waals surface area contributed by atoms with Gasteiger partial charge in [-0.3, -0.25) is 9.59 Å². The van der Waals surface area contributed by atoms with Crippen LogP contribution in [0.15, 0.2) is 53.3 Å². The molecular weight excluding hydrogens is 330 g/mol. The van der Waals surface area contributed by atoms with E-state index in [1.54, 1.807) is 31.4 Å². The zero-order valence-electron chi connectivity index (χ0n) is 14.9. The number of methoxy groups -OCH3 is 1. The molecule has 1 N–H and O–H groups in total. The number of carbonyl (C=O) groups is 1. The SMILES string of the molecule is CCCn1nc(C(=O)NCc2ccccc2OC)c2ccccc2c1=O. The highest BCUT2D eigenvalue weighted by atomic mass is 16.5. The van der Waals surface area contributed by atoms with Gasteiger partial charge >= 0.3 is 0 Å². The third-order valence-corrected chi connectivity index (χ3v) is 4.15. The molecule has 134 valence electrons. The Morgan fingerprint density at radius 1 is 1.12 bits per heavy atom. The zero-order valence-corrected chi connectivity index (χ0v) is 14.9. The summed E-state index contributed by atoms with van der Waals surface area (Å²) in [6.07, 6.45) is 0.757. The van der Waals surface area contributed by atoms with E-state index >= 15 is 0 Å². The molecule has 26 heavy (non-hydrogen) atoms. The molecule has 1 aromatic heterocycles. The second-order valence-electron chi connectivity index (χ2n) is 5.92. The molecule has 3 aromatic rings. The molecule has 3 rings (SSSR count). The van der Waals surface area contributed by atoms with E-state index in [0.717, 1.165) is 12.0 Å². The minimum atomic E-state index is -0.322. The molecule has 0 unspecified atom stereocenters. The van der Waals surface area contributed by atoms with Gasteiger partial charge in [0, 0.05) is 24.0 Å². The number of hydrogen-bond donors (Lipinski definition) is 1. The number of ether oxygens (including phenoxy) is 1. The molecule has 0 aliphatic carbocycles. The van der Waals surface area contributed by atoms with Crippen molar-refractivity contribution in [3.05, 3.63) is 70.1 Å². The zero-order chi connectivity index (χ0) is 18.5. The highest BCUT2D eigenvalue weighted by Gasteiger charge is 2.16. The molecule has 6 heteroatoms. The lowest BCUT2D eigenvalue weighted by Gasteiger charge is -2.12. The first-order valence-corrected chi connectivity index (χ1v) is 8.55. The molecule has 2 aromatic carbocycles. The second kappa shape index (κ2) is 7.82. The summed E-state index contributed by atoms with van der Waals surface area (Å²) in [6, 6.07) is 14.6. The van der Waals surface area contributed by atoms with E-state index < -0.39 is 0 Å². The van der Waals surface area contributed by atoms with Crippen molar-refractivity contribution in [2.24, 2.45) is 0 Å². The van der Waals surface area contributed by atoms with Gasteiger partial charge in [-0.15, -0.1) is 0 Å². The molecule has 0 radical (unpaired) electrons. The average Bonchev–Trinajstić information content (AvgIpc) is 2.68. The van der Waals surface area contributed by atoms with Gasteiger partial charge in [0.15, 0.2) is 5.69 Å². The Morgan fingerprint density at radius 3 is 2.54 bits per heavy atom. The van der Waals surface area contributed by atoms with E-state index in [-0.39, 0.29) is 17.2 Å². The number of rotatable bonds is 6. The van der Waals surface area contributed by atoms with Crippen molar-refractivity contribution in [2.75, 3.05) is 7.11 Å². The molecule has 0 aliphatic rings.